The highest BCUT2D eigenvalue weighted by molar-refractivity contribution is 7.81. The van der Waals surface area contributed by atoms with Gasteiger partial charge in [-0.15, -0.1) is 0 Å². The highest BCUT2D eigenvalue weighted by Crippen LogP contribution is 2.37. The first-order chi connectivity index (χ1) is 16.3. The van der Waals surface area contributed by atoms with Gasteiger partial charge >= 0.3 is 0 Å². The van der Waals surface area contributed by atoms with E-state index in [1.165, 1.54) is 6.33 Å². The smallest absolute Gasteiger partial charge is 0.164 e. The number of hydrogen-bond donors (Lipinski definition) is 2. The lowest BCUT2D eigenvalue weighted by molar-refractivity contribution is 0.0569. The molecule has 0 radical (unpaired) electrons. The third-order valence-electron chi connectivity index (χ3n) is 6.22. The quantitative estimate of drug-likeness (QED) is 0.388. The van der Waals surface area contributed by atoms with Gasteiger partial charge in [0.25, 0.3) is 0 Å². The summed E-state index contributed by atoms with van der Waals surface area (Å²) in [5.74, 6) is 1.78. The SMILES string of the molecule is CC(C)(S)N1CC[C@H](n2nc(-c3ccc(Oc4ccccc4)cc3)c3c(N)ncnc32)[C@@H](F)C1. The Morgan fingerprint density at radius 3 is 2.44 bits per heavy atom. The topological polar surface area (TPSA) is 82.1 Å². The van der Waals surface area contributed by atoms with Crippen LogP contribution in [0.5, 0.6) is 11.5 Å². The Hall–Kier alpha value is -3.17. The van der Waals surface area contributed by atoms with Gasteiger partial charge in [0, 0.05) is 18.7 Å². The number of nitrogens with zero attached hydrogens (tertiary/aromatic N) is 5. The van der Waals surface area contributed by atoms with Crippen LogP contribution in [0.25, 0.3) is 22.3 Å². The van der Waals surface area contributed by atoms with E-state index in [0.717, 1.165) is 11.3 Å². The number of nitrogen functional groups attached to an aromatic ring is 1. The Bertz CT molecular complexity index is 1290. The zero-order valence-electron chi connectivity index (χ0n) is 19.1. The van der Waals surface area contributed by atoms with Gasteiger partial charge in [0.05, 0.1) is 16.3 Å². The minimum absolute atomic E-state index is 0.282. The molecule has 7 nitrogen and oxygen atoms in total. The van der Waals surface area contributed by atoms with Crippen LogP contribution in [0.2, 0.25) is 0 Å². The normalized spacial score (nSPS) is 19.4. The van der Waals surface area contributed by atoms with Gasteiger partial charge in [0.15, 0.2) is 5.65 Å². The number of piperidine rings is 1. The van der Waals surface area contributed by atoms with Crippen molar-refractivity contribution < 1.29 is 9.13 Å². The molecule has 9 heteroatoms. The van der Waals surface area contributed by atoms with Crippen molar-refractivity contribution in [3.05, 3.63) is 60.9 Å². The van der Waals surface area contributed by atoms with Crippen LogP contribution in [0, 0.1) is 0 Å². The van der Waals surface area contributed by atoms with Gasteiger partial charge in [-0.2, -0.15) is 17.7 Å². The van der Waals surface area contributed by atoms with Gasteiger partial charge < -0.3 is 10.5 Å². The molecule has 0 unspecified atom stereocenters. The van der Waals surface area contributed by atoms with E-state index in [0.29, 0.717) is 41.3 Å². The van der Waals surface area contributed by atoms with Crippen LogP contribution in [0.15, 0.2) is 60.9 Å². The Morgan fingerprint density at radius 1 is 1.06 bits per heavy atom. The molecular weight excluding hydrogens is 451 g/mol. The second-order valence-corrected chi connectivity index (χ2v) is 10.1. The molecule has 2 aromatic heterocycles. The van der Waals surface area contributed by atoms with Crippen LogP contribution in [0.1, 0.15) is 26.3 Å². The molecule has 0 bridgehead atoms. The largest absolute Gasteiger partial charge is 0.457 e. The predicted octanol–water partition coefficient (Wildman–Crippen LogP) is 5.12. The number of anilines is 1. The van der Waals surface area contributed by atoms with Crippen LogP contribution in [0.3, 0.4) is 0 Å². The molecule has 4 aromatic rings. The first-order valence-electron chi connectivity index (χ1n) is 11.2. The molecule has 5 rings (SSSR count). The number of aromatic nitrogens is 4. The number of alkyl halides is 1. The summed E-state index contributed by atoms with van der Waals surface area (Å²) in [5.41, 5.74) is 8.24. The highest BCUT2D eigenvalue weighted by atomic mass is 32.1. The average molecular weight is 479 g/mol. The van der Waals surface area contributed by atoms with Crippen molar-refractivity contribution in [1.29, 1.82) is 0 Å². The van der Waals surface area contributed by atoms with Crippen molar-refractivity contribution in [3.8, 4) is 22.8 Å². The highest BCUT2D eigenvalue weighted by Gasteiger charge is 2.37. The molecule has 1 fully saturated rings. The monoisotopic (exact) mass is 478 g/mol. The Kier molecular flexibility index (Phi) is 5.91. The lowest BCUT2D eigenvalue weighted by atomic mass is 10.0. The van der Waals surface area contributed by atoms with E-state index in [-0.39, 0.29) is 11.4 Å². The summed E-state index contributed by atoms with van der Waals surface area (Å²) < 4.78 is 23.0. The molecule has 1 saturated heterocycles. The number of rotatable bonds is 5. The summed E-state index contributed by atoms with van der Waals surface area (Å²) in [4.78, 5) is 10.2. The molecular formula is C25H27FN6OS. The molecule has 176 valence electrons. The Balaban J connectivity index is 1.48. The van der Waals surface area contributed by atoms with E-state index in [4.69, 9.17) is 15.6 Å². The molecule has 3 heterocycles. The molecule has 0 amide bonds. The van der Waals surface area contributed by atoms with Crippen LogP contribution >= 0.6 is 12.6 Å². The van der Waals surface area contributed by atoms with Gasteiger partial charge in [0.1, 0.15) is 35.5 Å². The molecule has 2 aromatic carbocycles. The molecule has 2 atom stereocenters. The third-order valence-corrected chi connectivity index (χ3v) is 6.50. The zero-order valence-corrected chi connectivity index (χ0v) is 20.0. The van der Waals surface area contributed by atoms with Crippen molar-refractivity contribution >= 4 is 29.5 Å². The van der Waals surface area contributed by atoms with Gasteiger partial charge in [-0.3, -0.25) is 4.90 Å². The van der Waals surface area contributed by atoms with E-state index in [2.05, 4.69) is 22.6 Å². The molecule has 2 N–H and O–H groups in total. The summed E-state index contributed by atoms with van der Waals surface area (Å²) in [5, 5.41) is 5.44. The van der Waals surface area contributed by atoms with Crippen LogP contribution in [-0.4, -0.2) is 48.8 Å². The van der Waals surface area contributed by atoms with Crippen LogP contribution < -0.4 is 10.5 Å². The van der Waals surface area contributed by atoms with Crippen molar-refractivity contribution in [1.82, 2.24) is 24.6 Å². The lowest BCUT2D eigenvalue weighted by Gasteiger charge is -2.41. The Morgan fingerprint density at radius 2 is 1.76 bits per heavy atom. The number of para-hydroxylation sites is 1. The third kappa shape index (κ3) is 4.33. The molecule has 34 heavy (non-hydrogen) atoms. The number of nitrogens with two attached hydrogens (primary N) is 1. The van der Waals surface area contributed by atoms with Crippen molar-refractivity contribution in [2.24, 2.45) is 0 Å². The molecule has 0 aliphatic carbocycles. The van der Waals surface area contributed by atoms with Crippen LogP contribution in [0.4, 0.5) is 10.2 Å². The fourth-order valence-corrected chi connectivity index (χ4v) is 4.58. The van der Waals surface area contributed by atoms with Crippen LogP contribution in [-0.2, 0) is 0 Å². The maximum absolute atomic E-state index is 15.4. The predicted molar refractivity (Wildman–Crippen MR) is 135 cm³/mol. The fourth-order valence-electron chi connectivity index (χ4n) is 4.40. The summed E-state index contributed by atoms with van der Waals surface area (Å²) in [6.07, 6.45) is 0.874. The van der Waals surface area contributed by atoms with E-state index in [1.807, 2.05) is 73.3 Å². The number of benzene rings is 2. The molecule has 0 spiro atoms. The summed E-state index contributed by atoms with van der Waals surface area (Å²) in [6.45, 7) is 4.95. The minimum atomic E-state index is -1.12. The van der Waals surface area contributed by atoms with E-state index in [1.54, 1.807) is 4.68 Å². The molecule has 1 aliphatic rings. The number of fused-ring (bicyclic) bond motifs is 1. The van der Waals surface area contributed by atoms with Gasteiger partial charge in [-0.1, -0.05) is 18.2 Å². The van der Waals surface area contributed by atoms with E-state index >= 15 is 4.39 Å². The number of ether oxygens (including phenoxy) is 1. The lowest BCUT2D eigenvalue weighted by Crippen LogP contribution is -2.50. The maximum Gasteiger partial charge on any atom is 0.164 e. The fraction of sp³-hybridized carbons (Fsp3) is 0.320. The number of hydrogen-bond acceptors (Lipinski definition) is 7. The number of thiol groups is 1. The first kappa shape index (κ1) is 22.6. The zero-order chi connectivity index (χ0) is 23.9. The minimum Gasteiger partial charge on any atom is -0.457 e. The average Bonchev–Trinajstić information content (AvgIpc) is 3.20. The van der Waals surface area contributed by atoms with E-state index in [9.17, 15) is 0 Å². The Labute approximate surface area is 203 Å². The second-order valence-electron chi connectivity index (χ2n) is 9.00. The maximum atomic E-state index is 15.4. The van der Waals surface area contributed by atoms with Crippen molar-refractivity contribution in [2.45, 2.75) is 37.4 Å². The van der Waals surface area contributed by atoms with E-state index < -0.39 is 12.2 Å². The van der Waals surface area contributed by atoms with Crippen molar-refractivity contribution in [2.75, 3.05) is 18.8 Å². The van der Waals surface area contributed by atoms with Gasteiger partial charge in [-0.05, 0) is 56.7 Å². The second kappa shape index (κ2) is 8.88. The number of halogens is 1. The summed E-state index contributed by atoms with van der Waals surface area (Å²) >= 11 is 4.61. The first-order valence-corrected chi connectivity index (χ1v) is 11.7. The van der Waals surface area contributed by atoms with Crippen molar-refractivity contribution in [3.63, 3.8) is 0 Å². The molecule has 1 aliphatic heterocycles. The van der Waals surface area contributed by atoms with Gasteiger partial charge in [-0.25, -0.2) is 19.0 Å². The number of likely N-dealkylation sites (tertiary alicyclic amines) is 1. The standard InChI is InChI=1S/C25H27FN6OS/c1-25(2,34)31-13-12-20(19(26)14-31)32-24-21(23(27)28-15-29-24)22(30-32)16-8-10-18(11-9-16)33-17-6-4-3-5-7-17/h3-11,15,19-20,34H,12-14H2,1-2H3,(H2,27,28,29)/t19-,20-/m0/s1. The molecule has 0 saturated carbocycles. The summed E-state index contributed by atoms with van der Waals surface area (Å²) in [7, 11) is 0. The summed E-state index contributed by atoms with van der Waals surface area (Å²) in [6, 6.07) is 16.7. The van der Waals surface area contributed by atoms with Gasteiger partial charge in [0.2, 0.25) is 0 Å².